The molecule has 9 heteroatoms. The minimum absolute atomic E-state index is 0.249. The molecule has 146 valence electrons. The van der Waals surface area contributed by atoms with Crippen molar-refractivity contribution in [2.45, 2.75) is 6.54 Å². The van der Waals surface area contributed by atoms with Gasteiger partial charge in [-0.1, -0.05) is 24.3 Å². The molecule has 0 spiro atoms. The van der Waals surface area contributed by atoms with Crippen LogP contribution in [0.5, 0.6) is 0 Å². The normalized spacial score (nSPS) is 16.8. The Labute approximate surface area is 164 Å². The Bertz CT molecular complexity index is 1050. The van der Waals surface area contributed by atoms with Gasteiger partial charge in [0.15, 0.2) is 9.84 Å². The number of hydrogen-bond donors (Lipinski definition) is 1. The van der Waals surface area contributed by atoms with Crippen LogP contribution in [0.4, 0.5) is 11.6 Å². The first-order chi connectivity index (χ1) is 13.5. The molecule has 1 N–H and O–H groups in total. The third-order valence-electron chi connectivity index (χ3n) is 4.71. The van der Waals surface area contributed by atoms with Crippen molar-refractivity contribution >= 4 is 21.5 Å². The number of anilines is 2. The van der Waals surface area contributed by atoms with E-state index in [4.69, 9.17) is 0 Å². The lowest BCUT2D eigenvalue weighted by Crippen LogP contribution is -2.39. The molecule has 1 aromatic carbocycles. The second-order valence-electron chi connectivity index (χ2n) is 6.92. The highest BCUT2D eigenvalue weighted by molar-refractivity contribution is 7.91. The van der Waals surface area contributed by atoms with Crippen molar-refractivity contribution in [1.29, 1.82) is 0 Å². The van der Waals surface area contributed by atoms with E-state index in [9.17, 15) is 8.42 Å². The van der Waals surface area contributed by atoms with Crippen LogP contribution in [0, 0.1) is 0 Å². The average molecular weight is 398 g/mol. The van der Waals surface area contributed by atoms with Crippen molar-refractivity contribution in [3.8, 4) is 11.3 Å². The van der Waals surface area contributed by atoms with Gasteiger partial charge in [0.25, 0.3) is 0 Å². The van der Waals surface area contributed by atoms with Gasteiger partial charge in [0.1, 0.15) is 0 Å². The summed E-state index contributed by atoms with van der Waals surface area (Å²) in [6.45, 7) is 1.95. The van der Waals surface area contributed by atoms with E-state index in [1.54, 1.807) is 17.1 Å². The predicted molar refractivity (Wildman–Crippen MR) is 108 cm³/mol. The van der Waals surface area contributed by atoms with E-state index in [-0.39, 0.29) is 11.5 Å². The number of rotatable bonds is 5. The van der Waals surface area contributed by atoms with Crippen molar-refractivity contribution in [1.82, 2.24) is 24.6 Å². The first kappa shape index (κ1) is 18.6. The molecule has 0 bridgehead atoms. The van der Waals surface area contributed by atoms with Gasteiger partial charge < -0.3 is 5.32 Å². The van der Waals surface area contributed by atoms with E-state index in [0.717, 1.165) is 29.1 Å². The minimum atomic E-state index is -2.84. The molecular formula is C19H22N6O2S. The van der Waals surface area contributed by atoms with Crippen LogP contribution in [0.15, 0.2) is 48.9 Å². The fraction of sp³-hybridized carbons (Fsp3) is 0.316. The Morgan fingerprint density at radius 2 is 1.86 bits per heavy atom. The summed E-state index contributed by atoms with van der Waals surface area (Å²) >= 11 is 0. The van der Waals surface area contributed by atoms with Crippen molar-refractivity contribution in [3.63, 3.8) is 0 Å². The van der Waals surface area contributed by atoms with Crippen LogP contribution in [0.3, 0.4) is 0 Å². The highest BCUT2D eigenvalue weighted by Gasteiger charge is 2.21. The lowest BCUT2D eigenvalue weighted by molar-refractivity contribution is 0.287. The molecule has 1 fully saturated rings. The smallest absolute Gasteiger partial charge is 0.227 e. The fourth-order valence-corrected chi connectivity index (χ4v) is 4.42. The zero-order valence-electron chi connectivity index (χ0n) is 15.6. The van der Waals surface area contributed by atoms with Crippen molar-refractivity contribution in [2.24, 2.45) is 7.05 Å². The molecule has 1 aliphatic rings. The topological polar surface area (TPSA) is 93.0 Å². The van der Waals surface area contributed by atoms with Gasteiger partial charge in [-0.05, 0) is 11.6 Å². The standard InChI is InChI=1S/C19H22N6O2S/c1-24-14-17(12-21-24)22-19-20-7-6-18(23-19)16-4-2-15(3-5-16)13-25-8-10-28(26,27)11-9-25/h2-7,12,14H,8-11,13H2,1H3,(H,20,22,23). The van der Waals surface area contributed by atoms with Crippen LogP contribution in [-0.4, -0.2) is 57.7 Å². The molecule has 1 saturated heterocycles. The number of nitrogens with one attached hydrogen (secondary N) is 1. The van der Waals surface area contributed by atoms with Crippen molar-refractivity contribution in [3.05, 3.63) is 54.5 Å². The predicted octanol–water partition coefficient (Wildman–Crippen LogP) is 1.85. The van der Waals surface area contributed by atoms with Crippen LogP contribution in [0.1, 0.15) is 5.56 Å². The summed E-state index contributed by atoms with van der Waals surface area (Å²) in [5.41, 5.74) is 3.82. The van der Waals surface area contributed by atoms with Gasteiger partial charge in [0.2, 0.25) is 5.95 Å². The quantitative estimate of drug-likeness (QED) is 0.701. The molecule has 28 heavy (non-hydrogen) atoms. The Kier molecular flexibility index (Phi) is 5.10. The van der Waals surface area contributed by atoms with E-state index in [2.05, 4.69) is 37.4 Å². The number of hydrogen-bond acceptors (Lipinski definition) is 7. The Morgan fingerprint density at radius 3 is 2.54 bits per heavy atom. The van der Waals surface area contributed by atoms with Gasteiger partial charge >= 0.3 is 0 Å². The van der Waals surface area contributed by atoms with Gasteiger partial charge in [-0.3, -0.25) is 9.58 Å². The minimum Gasteiger partial charge on any atom is -0.321 e. The van der Waals surface area contributed by atoms with Crippen LogP contribution in [-0.2, 0) is 23.4 Å². The summed E-state index contributed by atoms with van der Waals surface area (Å²) in [4.78, 5) is 11.0. The molecule has 0 aliphatic carbocycles. The summed E-state index contributed by atoms with van der Waals surface area (Å²) in [6, 6.07) is 10.1. The van der Waals surface area contributed by atoms with E-state index in [0.29, 0.717) is 19.0 Å². The average Bonchev–Trinajstić information content (AvgIpc) is 3.09. The van der Waals surface area contributed by atoms with Gasteiger partial charge in [0.05, 0.1) is 29.1 Å². The fourth-order valence-electron chi connectivity index (χ4n) is 3.14. The molecule has 4 rings (SSSR count). The maximum Gasteiger partial charge on any atom is 0.227 e. The van der Waals surface area contributed by atoms with Gasteiger partial charge in [-0.15, -0.1) is 0 Å². The lowest BCUT2D eigenvalue weighted by Gasteiger charge is -2.26. The van der Waals surface area contributed by atoms with E-state index in [1.165, 1.54) is 0 Å². The molecule has 8 nitrogen and oxygen atoms in total. The molecular weight excluding hydrogens is 376 g/mol. The van der Waals surface area contributed by atoms with Crippen molar-refractivity contribution in [2.75, 3.05) is 29.9 Å². The summed E-state index contributed by atoms with van der Waals surface area (Å²) < 4.78 is 24.8. The number of aryl methyl sites for hydroxylation is 1. The first-order valence-electron chi connectivity index (χ1n) is 9.08. The zero-order chi connectivity index (χ0) is 19.6. The largest absolute Gasteiger partial charge is 0.321 e. The summed E-state index contributed by atoms with van der Waals surface area (Å²) in [5.74, 6) is 1.02. The Morgan fingerprint density at radius 1 is 1.11 bits per heavy atom. The van der Waals surface area contributed by atoms with Gasteiger partial charge in [-0.25, -0.2) is 18.4 Å². The number of nitrogens with zero attached hydrogens (tertiary/aromatic N) is 5. The van der Waals surface area contributed by atoms with Gasteiger partial charge in [0, 0.05) is 44.6 Å². The van der Waals surface area contributed by atoms with Crippen LogP contribution >= 0.6 is 0 Å². The van der Waals surface area contributed by atoms with E-state index < -0.39 is 9.84 Å². The second kappa shape index (κ2) is 7.69. The molecule has 3 aromatic rings. The number of benzene rings is 1. The molecule has 0 unspecified atom stereocenters. The number of sulfone groups is 1. The molecule has 0 amide bonds. The third kappa shape index (κ3) is 4.55. The second-order valence-corrected chi connectivity index (χ2v) is 9.22. The van der Waals surface area contributed by atoms with E-state index in [1.807, 2.05) is 31.4 Å². The Balaban J connectivity index is 1.43. The molecule has 0 atom stereocenters. The molecule has 2 aromatic heterocycles. The molecule has 0 saturated carbocycles. The molecule has 3 heterocycles. The summed E-state index contributed by atoms with van der Waals surface area (Å²) in [6.07, 6.45) is 5.30. The zero-order valence-corrected chi connectivity index (χ0v) is 16.4. The Hall–Kier alpha value is -2.78. The molecule has 1 aliphatic heterocycles. The maximum absolute atomic E-state index is 11.5. The van der Waals surface area contributed by atoms with Crippen LogP contribution < -0.4 is 5.32 Å². The SMILES string of the molecule is Cn1cc(Nc2nccc(-c3ccc(CN4CCS(=O)(=O)CC4)cc3)n2)cn1. The van der Waals surface area contributed by atoms with E-state index >= 15 is 0 Å². The third-order valence-corrected chi connectivity index (χ3v) is 6.32. The van der Waals surface area contributed by atoms with Gasteiger partial charge in [-0.2, -0.15) is 5.10 Å². The first-order valence-corrected chi connectivity index (χ1v) is 10.9. The highest BCUT2D eigenvalue weighted by Crippen LogP contribution is 2.20. The highest BCUT2D eigenvalue weighted by atomic mass is 32.2. The van der Waals surface area contributed by atoms with Crippen molar-refractivity contribution < 1.29 is 8.42 Å². The number of aromatic nitrogens is 4. The van der Waals surface area contributed by atoms with Crippen LogP contribution in [0.2, 0.25) is 0 Å². The molecule has 0 radical (unpaired) electrons. The monoisotopic (exact) mass is 398 g/mol. The maximum atomic E-state index is 11.5. The lowest BCUT2D eigenvalue weighted by atomic mass is 10.1. The summed E-state index contributed by atoms with van der Waals surface area (Å²) in [7, 11) is -0.989. The summed E-state index contributed by atoms with van der Waals surface area (Å²) in [5, 5.41) is 7.27. The van der Waals surface area contributed by atoms with Crippen LogP contribution in [0.25, 0.3) is 11.3 Å².